The first kappa shape index (κ1) is 9.66. The number of nitrogens with one attached hydrogen (secondary N) is 1. The van der Waals surface area contributed by atoms with Gasteiger partial charge in [-0.3, -0.25) is 4.90 Å². The number of aromatic amines is 1. The van der Waals surface area contributed by atoms with E-state index < -0.39 is 0 Å². The first-order valence-corrected chi connectivity index (χ1v) is 6.63. The third-order valence-corrected chi connectivity index (χ3v) is 4.31. The van der Waals surface area contributed by atoms with Crippen molar-refractivity contribution in [2.75, 3.05) is 13.1 Å². The van der Waals surface area contributed by atoms with Gasteiger partial charge in [0, 0.05) is 23.8 Å². The van der Waals surface area contributed by atoms with Gasteiger partial charge in [0.15, 0.2) is 0 Å². The Morgan fingerprint density at radius 2 is 2.29 bits per heavy atom. The highest BCUT2D eigenvalue weighted by Gasteiger charge is 2.31. The Morgan fingerprint density at radius 1 is 1.29 bits per heavy atom. The van der Waals surface area contributed by atoms with E-state index in [0.29, 0.717) is 6.04 Å². The normalized spacial score (nSPS) is 24.6. The van der Waals surface area contributed by atoms with E-state index in [1.807, 2.05) is 12.3 Å². The van der Waals surface area contributed by atoms with E-state index >= 15 is 0 Å². The standard InChI is InChI=1S/C14H17N3/c1-2-8-17-9-6-10-11-4-3-7-15-14(11)16-13(10)12(17)5-1/h3-4,7,12H,1-2,5-6,8-9H2,(H,15,16). The molecule has 4 heterocycles. The van der Waals surface area contributed by atoms with Gasteiger partial charge >= 0.3 is 0 Å². The lowest BCUT2D eigenvalue weighted by Gasteiger charge is -2.39. The molecule has 4 rings (SSSR count). The quantitative estimate of drug-likeness (QED) is 0.750. The van der Waals surface area contributed by atoms with Crippen molar-refractivity contribution in [3.63, 3.8) is 0 Å². The molecule has 0 aromatic carbocycles. The van der Waals surface area contributed by atoms with Gasteiger partial charge in [-0.25, -0.2) is 4.98 Å². The van der Waals surface area contributed by atoms with Crippen LogP contribution in [-0.2, 0) is 6.42 Å². The van der Waals surface area contributed by atoms with Gasteiger partial charge in [-0.2, -0.15) is 0 Å². The number of piperidine rings is 1. The van der Waals surface area contributed by atoms with Crippen LogP contribution >= 0.6 is 0 Å². The molecule has 1 N–H and O–H groups in total. The fourth-order valence-electron chi connectivity index (χ4n) is 3.49. The van der Waals surface area contributed by atoms with Gasteiger partial charge in [0.2, 0.25) is 0 Å². The maximum Gasteiger partial charge on any atom is 0.137 e. The summed E-state index contributed by atoms with van der Waals surface area (Å²) in [6.45, 7) is 2.49. The van der Waals surface area contributed by atoms with Gasteiger partial charge in [0.1, 0.15) is 5.65 Å². The number of fused-ring (bicyclic) bond motifs is 5. The van der Waals surface area contributed by atoms with Crippen LogP contribution in [0.25, 0.3) is 11.0 Å². The molecule has 0 saturated carbocycles. The Bertz CT molecular complexity index is 558. The summed E-state index contributed by atoms with van der Waals surface area (Å²) in [5.74, 6) is 0. The molecule has 17 heavy (non-hydrogen) atoms. The molecule has 88 valence electrons. The fraction of sp³-hybridized carbons (Fsp3) is 0.500. The number of pyridine rings is 1. The highest BCUT2D eigenvalue weighted by atomic mass is 15.2. The molecule has 0 amide bonds. The van der Waals surface area contributed by atoms with E-state index in [1.54, 1.807) is 0 Å². The highest BCUT2D eigenvalue weighted by molar-refractivity contribution is 5.81. The van der Waals surface area contributed by atoms with Crippen LogP contribution in [-0.4, -0.2) is 28.0 Å². The molecule has 3 nitrogen and oxygen atoms in total. The van der Waals surface area contributed by atoms with Crippen molar-refractivity contribution in [3.8, 4) is 0 Å². The van der Waals surface area contributed by atoms with Crippen LogP contribution in [0.2, 0.25) is 0 Å². The molecule has 2 aliphatic rings. The molecule has 2 aliphatic heterocycles. The lowest BCUT2D eigenvalue weighted by atomic mass is 9.91. The predicted octanol–water partition coefficient (Wildman–Crippen LogP) is 2.65. The zero-order valence-electron chi connectivity index (χ0n) is 9.95. The molecule has 1 saturated heterocycles. The summed E-state index contributed by atoms with van der Waals surface area (Å²) in [5.41, 5.74) is 4.05. The zero-order valence-corrected chi connectivity index (χ0v) is 9.95. The van der Waals surface area contributed by atoms with E-state index in [4.69, 9.17) is 0 Å². The van der Waals surface area contributed by atoms with E-state index in [9.17, 15) is 0 Å². The molecule has 0 spiro atoms. The largest absolute Gasteiger partial charge is 0.342 e. The molecule has 1 unspecified atom stereocenters. The second-order valence-electron chi connectivity index (χ2n) is 5.21. The van der Waals surface area contributed by atoms with Gasteiger partial charge in [0.25, 0.3) is 0 Å². The minimum atomic E-state index is 0.627. The van der Waals surface area contributed by atoms with Gasteiger partial charge in [-0.05, 0) is 43.5 Å². The van der Waals surface area contributed by atoms with E-state index in [2.05, 4.69) is 20.9 Å². The van der Waals surface area contributed by atoms with Crippen molar-refractivity contribution < 1.29 is 0 Å². The van der Waals surface area contributed by atoms with Crippen LogP contribution in [0.3, 0.4) is 0 Å². The third kappa shape index (κ3) is 1.35. The van der Waals surface area contributed by atoms with Crippen molar-refractivity contribution in [1.82, 2.24) is 14.9 Å². The Hall–Kier alpha value is -1.35. The molecule has 2 aromatic rings. The molecular formula is C14H17N3. The maximum atomic E-state index is 4.45. The summed E-state index contributed by atoms with van der Waals surface area (Å²) in [6, 6.07) is 4.88. The van der Waals surface area contributed by atoms with Gasteiger partial charge in [0.05, 0.1) is 6.04 Å². The van der Waals surface area contributed by atoms with Crippen molar-refractivity contribution in [3.05, 3.63) is 29.6 Å². The average Bonchev–Trinajstić information content (AvgIpc) is 2.78. The minimum absolute atomic E-state index is 0.627. The zero-order chi connectivity index (χ0) is 11.2. The van der Waals surface area contributed by atoms with Gasteiger partial charge < -0.3 is 4.98 Å². The molecule has 1 fully saturated rings. The van der Waals surface area contributed by atoms with Crippen LogP contribution < -0.4 is 0 Å². The summed E-state index contributed by atoms with van der Waals surface area (Å²) >= 11 is 0. The number of nitrogens with zero attached hydrogens (tertiary/aromatic N) is 2. The summed E-state index contributed by atoms with van der Waals surface area (Å²) in [5, 5.41) is 1.34. The van der Waals surface area contributed by atoms with Crippen molar-refractivity contribution in [2.24, 2.45) is 0 Å². The van der Waals surface area contributed by atoms with E-state index in [1.165, 1.54) is 55.4 Å². The highest BCUT2D eigenvalue weighted by Crippen LogP contribution is 2.38. The van der Waals surface area contributed by atoms with Crippen molar-refractivity contribution >= 4 is 11.0 Å². The van der Waals surface area contributed by atoms with Gasteiger partial charge in [-0.15, -0.1) is 0 Å². The number of H-pyrrole nitrogens is 1. The number of rotatable bonds is 0. The monoisotopic (exact) mass is 227 g/mol. The second kappa shape index (κ2) is 3.57. The third-order valence-electron chi connectivity index (χ3n) is 4.31. The molecule has 0 radical (unpaired) electrons. The predicted molar refractivity (Wildman–Crippen MR) is 68.0 cm³/mol. The van der Waals surface area contributed by atoms with E-state index in [-0.39, 0.29) is 0 Å². The Balaban J connectivity index is 1.89. The number of hydrogen-bond acceptors (Lipinski definition) is 2. The molecule has 0 aliphatic carbocycles. The number of hydrogen-bond donors (Lipinski definition) is 1. The maximum absolute atomic E-state index is 4.45. The molecule has 1 atom stereocenters. The first-order chi connectivity index (χ1) is 8.43. The minimum Gasteiger partial charge on any atom is -0.342 e. The van der Waals surface area contributed by atoms with Crippen LogP contribution in [0.5, 0.6) is 0 Å². The van der Waals surface area contributed by atoms with E-state index in [0.717, 1.165) is 5.65 Å². The Labute approximate surface area is 101 Å². The SMILES string of the molecule is c1cnc2[nH]c3c(c2c1)CCN1CCCCC31. The van der Waals surface area contributed by atoms with Gasteiger partial charge in [-0.1, -0.05) is 6.42 Å². The average molecular weight is 227 g/mol. The molecule has 0 bridgehead atoms. The van der Waals surface area contributed by atoms with Crippen molar-refractivity contribution in [1.29, 1.82) is 0 Å². The molecule has 3 heteroatoms. The fourth-order valence-corrected chi connectivity index (χ4v) is 3.49. The lowest BCUT2D eigenvalue weighted by molar-refractivity contribution is 0.136. The summed E-state index contributed by atoms with van der Waals surface area (Å²) < 4.78 is 0. The number of aromatic nitrogens is 2. The Kier molecular flexibility index (Phi) is 2.03. The summed E-state index contributed by atoms with van der Waals surface area (Å²) in [7, 11) is 0. The van der Waals surface area contributed by atoms with Crippen LogP contribution in [0, 0.1) is 0 Å². The molecule has 2 aromatic heterocycles. The van der Waals surface area contributed by atoms with Crippen LogP contribution in [0.4, 0.5) is 0 Å². The van der Waals surface area contributed by atoms with Crippen LogP contribution in [0.1, 0.15) is 36.6 Å². The summed E-state index contributed by atoms with van der Waals surface area (Å²) in [6.07, 6.45) is 7.09. The topological polar surface area (TPSA) is 31.9 Å². The van der Waals surface area contributed by atoms with Crippen LogP contribution in [0.15, 0.2) is 18.3 Å². The first-order valence-electron chi connectivity index (χ1n) is 6.63. The summed E-state index contributed by atoms with van der Waals surface area (Å²) in [4.78, 5) is 10.7. The Morgan fingerprint density at radius 3 is 3.29 bits per heavy atom. The lowest BCUT2D eigenvalue weighted by Crippen LogP contribution is -2.38. The van der Waals surface area contributed by atoms with Crippen molar-refractivity contribution in [2.45, 2.75) is 31.7 Å². The second-order valence-corrected chi connectivity index (χ2v) is 5.21. The molecular weight excluding hydrogens is 210 g/mol. The smallest absolute Gasteiger partial charge is 0.137 e.